The van der Waals surface area contributed by atoms with E-state index < -0.39 is 0 Å². The average molecular weight is 633 g/mol. The van der Waals surface area contributed by atoms with Crippen molar-refractivity contribution in [2.24, 2.45) is 0 Å². The second-order valence-electron chi connectivity index (χ2n) is 12.5. The molecule has 10 rings (SSSR count). The summed E-state index contributed by atoms with van der Waals surface area (Å²) in [5.74, 6) is 3.37. The standard InChI is InChI=1S/C42H29BN4O2/c1-3-10-29(11-4-1)33-14-7-15-34(30-12-5-2-6-13-30)42(33)46-25-24-45(28-46)31-18-20-37-35(26-31)43-36-27-32(47-23-9-22-44-47)19-21-38(36)49-40-17-8-16-39(48-37)41(40)43/h1-27H,28H2. The first-order valence-electron chi connectivity index (χ1n) is 16.5. The summed E-state index contributed by atoms with van der Waals surface area (Å²) in [5, 5.41) is 4.49. The van der Waals surface area contributed by atoms with Gasteiger partial charge in [0.2, 0.25) is 0 Å². The molecule has 0 N–H and O–H groups in total. The van der Waals surface area contributed by atoms with Crippen molar-refractivity contribution < 1.29 is 9.47 Å². The van der Waals surface area contributed by atoms with E-state index >= 15 is 0 Å². The number of hydrogen-bond acceptors (Lipinski definition) is 5. The maximum atomic E-state index is 6.53. The van der Waals surface area contributed by atoms with Gasteiger partial charge in [0.1, 0.15) is 23.0 Å². The molecule has 0 saturated heterocycles. The molecule has 3 aliphatic rings. The van der Waals surface area contributed by atoms with Crippen molar-refractivity contribution >= 4 is 34.5 Å². The van der Waals surface area contributed by atoms with Gasteiger partial charge in [0.15, 0.2) is 0 Å². The summed E-state index contributed by atoms with van der Waals surface area (Å²) in [6.07, 6.45) is 8.13. The van der Waals surface area contributed by atoms with E-state index in [4.69, 9.17) is 9.47 Å². The van der Waals surface area contributed by atoms with Crippen molar-refractivity contribution in [1.82, 2.24) is 9.78 Å². The van der Waals surface area contributed by atoms with Crippen molar-refractivity contribution in [1.29, 1.82) is 0 Å². The Morgan fingerprint density at radius 3 is 1.76 bits per heavy atom. The van der Waals surface area contributed by atoms with Gasteiger partial charge < -0.3 is 19.3 Å². The summed E-state index contributed by atoms with van der Waals surface area (Å²) >= 11 is 0. The minimum atomic E-state index is -0.0552. The van der Waals surface area contributed by atoms with E-state index in [0.717, 1.165) is 50.8 Å². The third-order valence-electron chi connectivity index (χ3n) is 9.69. The number of fused-ring (bicyclic) bond motifs is 4. The van der Waals surface area contributed by atoms with E-state index in [2.05, 4.69) is 143 Å². The van der Waals surface area contributed by atoms with Gasteiger partial charge in [-0.3, -0.25) is 0 Å². The largest absolute Gasteiger partial charge is 0.458 e. The molecule has 49 heavy (non-hydrogen) atoms. The van der Waals surface area contributed by atoms with Gasteiger partial charge in [-0.05, 0) is 76.6 Å². The Labute approximate surface area is 284 Å². The van der Waals surface area contributed by atoms with Crippen LogP contribution in [0.4, 0.5) is 11.4 Å². The van der Waals surface area contributed by atoms with Crippen molar-refractivity contribution in [2.75, 3.05) is 16.5 Å². The van der Waals surface area contributed by atoms with Crippen molar-refractivity contribution in [3.63, 3.8) is 0 Å². The Morgan fingerprint density at radius 1 is 0.531 bits per heavy atom. The summed E-state index contributed by atoms with van der Waals surface area (Å²) in [5.41, 5.74) is 11.3. The van der Waals surface area contributed by atoms with Crippen LogP contribution in [0, 0.1) is 0 Å². The molecule has 6 aromatic carbocycles. The number of rotatable bonds is 5. The molecule has 0 amide bonds. The fourth-order valence-electron chi connectivity index (χ4n) is 7.44. The molecular weight excluding hydrogens is 603 g/mol. The Hall–Kier alpha value is -6.47. The van der Waals surface area contributed by atoms with Crippen LogP contribution in [0.3, 0.4) is 0 Å². The zero-order valence-corrected chi connectivity index (χ0v) is 26.5. The molecule has 0 bridgehead atoms. The van der Waals surface area contributed by atoms with Crippen LogP contribution in [0.1, 0.15) is 0 Å². The van der Waals surface area contributed by atoms with E-state index in [1.54, 1.807) is 6.20 Å². The first-order valence-corrected chi connectivity index (χ1v) is 16.5. The Kier molecular flexibility index (Phi) is 6.24. The smallest absolute Gasteiger partial charge is 0.260 e. The van der Waals surface area contributed by atoms with Crippen molar-refractivity contribution in [2.45, 2.75) is 0 Å². The summed E-state index contributed by atoms with van der Waals surface area (Å²) in [6.45, 7) is 0.610. The first-order chi connectivity index (χ1) is 24.3. The van der Waals surface area contributed by atoms with E-state index in [1.165, 1.54) is 27.9 Å². The number of benzene rings is 6. The highest BCUT2D eigenvalue weighted by Crippen LogP contribution is 2.42. The van der Waals surface area contributed by atoms with Gasteiger partial charge in [0.05, 0.1) is 18.0 Å². The highest BCUT2D eigenvalue weighted by atomic mass is 16.5. The van der Waals surface area contributed by atoms with Crippen LogP contribution in [0.2, 0.25) is 0 Å². The second kappa shape index (κ2) is 11.1. The molecule has 4 heterocycles. The molecule has 0 radical (unpaired) electrons. The van der Waals surface area contributed by atoms with Crippen molar-refractivity contribution in [3.05, 3.63) is 164 Å². The van der Waals surface area contributed by atoms with E-state index in [0.29, 0.717) is 6.67 Å². The molecule has 6 nitrogen and oxygen atoms in total. The lowest BCUT2D eigenvalue weighted by molar-refractivity contribution is 0.464. The van der Waals surface area contributed by atoms with Gasteiger partial charge in [-0.15, -0.1) is 0 Å². The number of para-hydroxylation sites is 1. The van der Waals surface area contributed by atoms with Crippen LogP contribution in [-0.4, -0.2) is 23.2 Å². The molecule has 7 heteroatoms. The van der Waals surface area contributed by atoms with Gasteiger partial charge in [0.25, 0.3) is 6.71 Å². The Bertz CT molecular complexity index is 2320. The van der Waals surface area contributed by atoms with Gasteiger partial charge >= 0.3 is 0 Å². The number of ether oxygens (including phenoxy) is 2. The van der Waals surface area contributed by atoms with Crippen LogP contribution < -0.4 is 35.7 Å². The Morgan fingerprint density at radius 2 is 1.12 bits per heavy atom. The lowest BCUT2D eigenvalue weighted by Gasteiger charge is -2.33. The fraction of sp³-hybridized carbons (Fsp3) is 0.0238. The maximum absolute atomic E-state index is 6.53. The molecule has 232 valence electrons. The van der Waals surface area contributed by atoms with Gasteiger partial charge in [-0.2, -0.15) is 5.10 Å². The summed E-state index contributed by atoms with van der Waals surface area (Å²) < 4.78 is 14.9. The predicted molar refractivity (Wildman–Crippen MR) is 198 cm³/mol. The molecule has 0 unspecified atom stereocenters. The number of anilines is 2. The number of hydrogen-bond donors (Lipinski definition) is 0. The lowest BCUT2D eigenvalue weighted by atomic mass is 9.35. The SMILES string of the molecule is C1=CN(c2c(-c3ccccc3)cccc2-c2ccccc2)CN1c1ccc2c(c1)B1c3cc(-n4cccn4)ccc3Oc3cccc(c31)O2. The number of aromatic nitrogens is 2. The van der Waals surface area contributed by atoms with Crippen LogP contribution >= 0.6 is 0 Å². The fourth-order valence-corrected chi connectivity index (χ4v) is 7.44. The molecule has 0 atom stereocenters. The van der Waals surface area contributed by atoms with Gasteiger partial charge in [-0.25, -0.2) is 4.68 Å². The molecule has 7 aromatic rings. The zero-order valence-electron chi connectivity index (χ0n) is 26.5. The summed E-state index contributed by atoms with van der Waals surface area (Å²) in [7, 11) is 0. The molecule has 0 spiro atoms. The van der Waals surface area contributed by atoms with Crippen molar-refractivity contribution in [3.8, 4) is 50.9 Å². The number of nitrogens with zero attached hydrogens (tertiary/aromatic N) is 4. The van der Waals surface area contributed by atoms with E-state index in [9.17, 15) is 0 Å². The van der Waals surface area contributed by atoms with Crippen LogP contribution in [0.15, 0.2) is 164 Å². The van der Waals surface area contributed by atoms with Crippen LogP contribution in [0.5, 0.6) is 23.0 Å². The lowest BCUT2D eigenvalue weighted by Crippen LogP contribution is -2.57. The third kappa shape index (κ3) is 4.54. The van der Waals surface area contributed by atoms with Gasteiger partial charge in [-0.1, -0.05) is 84.9 Å². The van der Waals surface area contributed by atoms with Crippen LogP contribution in [-0.2, 0) is 0 Å². The second-order valence-corrected chi connectivity index (χ2v) is 12.5. The summed E-state index contributed by atoms with van der Waals surface area (Å²) in [4.78, 5) is 4.66. The molecular formula is C42H29BN4O2. The predicted octanol–water partition coefficient (Wildman–Crippen LogP) is 7.69. The molecule has 0 aliphatic carbocycles. The highest BCUT2D eigenvalue weighted by Gasteiger charge is 2.40. The normalized spacial score (nSPS) is 13.8. The molecule has 0 saturated carbocycles. The maximum Gasteiger partial charge on any atom is 0.260 e. The van der Waals surface area contributed by atoms with Crippen LogP contribution in [0.25, 0.3) is 27.9 Å². The first kappa shape index (κ1) is 27.6. The average Bonchev–Trinajstić information content (AvgIpc) is 3.89. The van der Waals surface area contributed by atoms with E-state index in [-0.39, 0.29) is 6.71 Å². The topological polar surface area (TPSA) is 42.8 Å². The Balaban J connectivity index is 1.05. The third-order valence-corrected chi connectivity index (χ3v) is 9.69. The molecule has 1 aromatic heterocycles. The van der Waals surface area contributed by atoms with E-state index in [1.807, 2.05) is 35.1 Å². The molecule has 0 fully saturated rings. The monoisotopic (exact) mass is 632 g/mol. The minimum Gasteiger partial charge on any atom is -0.458 e. The highest BCUT2D eigenvalue weighted by molar-refractivity contribution is 6.98. The summed E-state index contributed by atoms with van der Waals surface area (Å²) in [6, 6.07) is 48.7. The quantitative estimate of drug-likeness (QED) is 0.182. The zero-order chi connectivity index (χ0) is 32.3. The minimum absolute atomic E-state index is 0.0552. The van der Waals surface area contributed by atoms with Gasteiger partial charge in [0, 0.05) is 47.1 Å². The molecule has 3 aliphatic heterocycles.